The Labute approximate surface area is 137 Å². The van der Waals surface area contributed by atoms with E-state index in [2.05, 4.69) is 16.9 Å². The maximum Gasteiger partial charge on any atom is 0.412 e. The van der Waals surface area contributed by atoms with Crippen molar-refractivity contribution in [3.8, 4) is 11.1 Å². The first-order chi connectivity index (χ1) is 10.8. The second-order valence-electron chi connectivity index (χ2n) is 6.30. The van der Waals surface area contributed by atoms with Crippen molar-refractivity contribution in [2.45, 2.75) is 33.3 Å². The number of aryl methyl sites for hydroxylation is 1. The highest BCUT2D eigenvalue weighted by Crippen LogP contribution is 2.28. The molecule has 23 heavy (non-hydrogen) atoms. The van der Waals surface area contributed by atoms with Crippen LogP contribution in [0.3, 0.4) is 0 Å². The average molecular weight is 310 g/mol. The predicted octanol–water partition coefficient (Wildman–Crippen LogP) is 5.05. The van der Waals surface area contributed by atoms with E-state index in [9.17, 15) is 4.79 Å². The highest BCUT2D eigenvalue weighted by Gasteiger charge is 2.16. The first kappa shape index (κ1) is 16.7. The molecule has 0 spiro atoms. The van der Waals surface area contributed by atoms with E-state index in [1.165, 1.54) is 0 Å². The number of hydrogen-bond donors (Lipinski definition) is 1. The highest BCUT2D eigenvalue weighted by atomic mass is 16.6. The van der Waals surface area contributed by atoms with Gasteiger partial charge in [0, 0.05) is 17.4 Å². The van der Waals surface area contributed by atoms with Crippen LogP contribution < -0.4 is 5.32 Å². The molecule has 1 aromatic carbocycles. The summed E-state index contributed by atoms with van der Waals surface area (Å²) < 4.78 is 5.24. The second kappa shape index (κ2) is 6.65. The van der Waals surface area contributed by atoms with Crippen LogP contribution in [0.5, 0.6) is 0 Å². The van der Waals surface area contributed by atoms with Gasteiger partial charge < -0.3 is 4.74 Å². The van der Waals surface area contributed by atoms with Gasteiger partial charge in [-0.05, 0) is 63.1 Å². The molecule has 0 unspecified atom stereocenters. The first-order valence-corrected chi connectivity index (χ1v) is 7.48. The van der Waals surface area contributed by atoms with E-state index >= 15 is 0 Å². The van der Waals surface area contributed by atoms with Crippen molar-refractivity contribution in [3.63, 3.8) is 0 Å². The van der Waals surface area contributed by atoms with Crippen LogP contribution in [0.4, 0.5) is 10.5 Å². The molecule has 0 radical (unpaired) electrons. The molecule has 1 aromatic heterocycles. The number of rotatable bonds is 3. The molecule has 1 heterocycles. The van der Waals surface area contributed by atoms with Crippen LogP contribution >= 0.6 is 0 Å². The third-order valence-electron chi connectivity index (χ3n) is 3.20. The summed E-state index contributed by atoms with van der Waals surface area (Å²) in [4.78, 5) is 16.1. The minimum absolute atomic E-state index is 0.463. The molecule has 0 aliphatic rings. The summed E-state index contributed by atoms with van der Waals surface area (Å²) in [7, 11) is 0. The lowest BCUT2D eigenvalue weighted by Crippen LogP contribution is -2.27. The molecule has 0 fully saturated rings. The van der Waals surface area contributed by atoms with Crippen LogP contribution in [0.15, 0.2) is 43.1 Å². The van der Waals surface area contributed by atoms with Gasteiger partial charge >= 0.3 is 6.09 Å². The molecule has 0 aliphatic carbocycles. The summed E-state index contributed by atoms with van der Waals surface area (Å²) in [5.74, 6) is 0. The van der Waals surface area contributed by atoms with Crippen LogP contribution in [0.25, 0.3) is 17.2 Å². The number of nitrogens with one attached hydrogen (secondary N) is 1. The molecule has 4 nitrogen and oxygen atoms in total. The van der Waals surface area contributed by atoms with E-state index in [0.717, 1.165) is 22.4 Å². The molecular weight excluding hydrogens is 288 g/mol. The summed E-state index contributed by atoms with van der Waals surface area (Å²) in [6.07, 6.45) is 3.05. The average Bonchev–Trinajstić information content (AvgIpc) is 2.46. The molecule has 0 saturated carbocycles. The lowest BCUT2D eigenvalue weighted by molar-refractivity contribution is 0.0636. The van der Waals surface area contributed by atoms with Crippen molar-refractivity contribution in [1.82, 2.24) is 4.98 Å². The smallest absolute Gasteiger partial charge is 0.412 e. The van der Waals surface area contributed by atoms with Gasteiger partial charge in [-0.3, -0.25) is 10.3 Å². The highest BCUT2D eigenvalue weighted by molar-refractivity contribution is 5.86. The van der Waals surface area contributed by atoms with Crippen LogP contribution in [-0.4, -0.2) is 16.7 Å². The Hall–Kier alpha value is -2.62. The zero-order chi connectivity index (χ0) is 17.0. The molecular formula is C19H22N2O2. The van der Waals surface area contributed by atoms with Crippen molar-refractivity contribution < 1.29 is 9.53 Å². The van der Waals surface area contributed by atoms with E-state index in [1.54, 1.807) is 12.3 Å². The summed E-state index contributed by atoms with van der Waals surface area (Å²) >= 11 is 0. The molecule has 4 heteroatoms. The van der Waals surface area contributed by atoms with Gasteiger partial charge in [0.25, 0.3) is 0 Å². The molecule has 120 valence electrons. The van der Waals surface area contributed by atoms with Gasteiger partial charge in [0.15, 0.2) is 0 Å². The van der Waals surface area contributed by atoms with E-state index < -0.39 is 11.7 Å². The normalized spacial score (nSPS) is 11.0. The number of hydrogen-bond acceptors (Lipinski definition) is 3. The maximum atomic E-state index is 11.8. The number of nitrogens with zero attached hydrogens (tertiary/aromatic N) is 1. The molecule has 0 bridgehead atoms. The summed E-state index contributed by atoms with van der Waals surface area (Å²) in [6, 6.07) is 9.56. The third kappa shape index (κ3) is 4.42. The Balaban J connectivity index is 2.21. The summed E-state index contributed by atoms with van der Waals surface area (Å²) in [5, 5.41) is 2.72. The number of benzene rings is 1. The predicted molar refractivity (Wildman–Crippen MR) is 94.4 cm³/mol. The van der Waals surface area contributed by atoms with Crippen molar-refractivity contribution >= 4 is 17.9 Å². The van der Waals surface area contributed by atoms with E-state index in [0.29, 0.717) is 5.69 Å². The number of ether oxygens (including phenoxy) is 1. The standard InChI is InChI=1S/C19H22N2O2/c1-6-16-17(13(2)11-12-20-16)14-7-9-15(10-8-14)21-18(22)23-19(3,4)5/h6-12H,1H2,2-5H3,(H,21,22). The fourth-order valence-electron chi connectivity index (χ4n) is 2.25. The van der Waals surface area contributed by atoms with E-state index in [-0.39, 0.29) is 0 Å². The number of carbonyl (C=O) groups excluding carboxylic acids is 1. The molecule has 1 N–H and O–H groups in total. The van der Waals surface area contributed by atoms with Crippen LogP contribution in [0, 0.1) is 6.92 Å². The molecule has 2 rings (SSSR count). The van der Waals surface area contributed by atoms with Gasteiger partial charge in [-0.25, -0.2) is 4.79 Å². The van der Waals surface area contributed by atoms with Gasteiger partial charge in [0.05, 0.1) is 5.69 Å². The Morgan fingerprint density at radius 1 is 1.22 bits per heavy atom. The first-order valence-electron chi connectivity index (χ1n) is 7.48. The molecule has 0 atom stereocenters. The third-order valence-corrected chi connectivity index (χ3v) is 3.20. The Morgan fingerprint density at radius 2 is 1.87 bits per heavy atom. The SMILES string of the molecule is C=Cc1nccc(C)c1-c1ccc(NC(=O)OC(C)(C)C)cc1. The van der Waals surface area contributed by atoms with Gasteiger partial charge in [0.2, 0.25) is 0 Å². The fraction of sp³-hybridized carbons (Fsp3) is 0.263. The topological polar surface area (TPSA) is 51.2 Å². The number of carbonyl (C=O) groups is 1. The van der Waals surface area contributed by atoms with Crippen molar-refractivity contribution in [3.05, 3.63) is 54.4 Å². The maximum absolute atomic E-state index is 11.8. The molecule has 2 aromatic rings. The zero-order valence-electron chi connectivity index (χ0n) is 14.0. The van der Waals surface area contributed by atoms with Crippen LogP contribution in [-0.2, 0) is 4.74 Å². The monoisotopic (exact) mass is 310 g/mol. The van der Waals surface area contributed by atoms with Crippen LogP contribution in [0.1, 0.15) is 32.0 Å². The van der Waals surface area contributed by atoms with Crippen molar-refractivity contribution in [2.24, 2.45) is 0 Å². The lowest BCUT2D eigenvalue weighted by Gasteiger charge is -2.19. The number of pyridine rings is 1. The summed E-state index contributed by atoms with van der Waals surface area (Å²) in [6.45, 7) is 11.3. The van der Waals surface area contributed by atoms with Crippen molar-refractivity contribution in [2.75, 3.05) is 5.32 Å². The fourth-order valence-corrected chi connectivity index (χ4v) is 2.25. The number of anilines is 1. The van der Waals surface area contributed by atoms with E-state index in [4.69, 9.17) is 4.74 Å². The van der Waals surface area contributed by atoms with Gasteiger partial charge in [0.1, 0.15) is 5.60 Å². The Morgan fingerprint density at radius 3 is 2.43 bits per heavy atom. The Bertz CT molecular complexity index is 713. The van der Waals surface area contributed by atoms with Crippen molar-refractivity contribution in [1.29, 1.82) is 0 Å². The van der Waals surface area contributed by atoms with Crippen LogP contribution in [0.2, 0.25) is 0 Å². The number of amides is 1. The molecule has 0 aliphatic heterocycles. The summed E-state index contributed by atoms with van der Waals surface area (Å²) in [5.41, 5.74) is 4.22. The van der Waals surface area contributed by atoms with Gasteiger partial charge in [-0.1, -0.05) is 18.7 Å². The molecule has 0 saturated heterocycles. The quantitative estimate of drug-likeness (QED) is 0.863. The Kier molecular flexibility index (Phi) is 4.84. The zero-order valence-corrected chi connectivity index (χ0v) is 14.0. The molecule has 1 amide bonds. The minimum Gasteiger partial charge on any atom is -0.444 e. The number of aromatic nitrogens is 1. The lowest BCUT2D eigenvalue weighted by atomic mass is 9.99. The minimum atomic E-state index is -0.518. The van der Waals surface area contributed by atoms with Gasteiger partial charge in [-0.15, -0.1) is 0 Å². The largest absolute Gasteiger partial charge is 0.444 e. The van der Waals surface area contributed by atoms with E-state index in [1.807, 2.05) is 58.0 Å². The second-order valence-corrected chi connectivity index (χ2v) is 6.30. The van der Waals surface area contributed by atoms with Gasteiger partial charge in [-0.2, -0.15) is 0 Å².